The maximum Gasteiger partial charge on any atom is 0.331 e. The van der Waals surface area contributed by atoms with Crippen LogP contribution in [-0.4, -0.2) is 49.7 Å². The van der Waals surface area contributed by atoms with Crippen molar-refractivity contribution in [2.75, 3.05) is 20.8 Å². The van der Waals surface area contributed by atoms with E-state index in [0.29, 0.717) is 22.1 Å². The first-order valence-corrected chi connectivity index (χ1v) is 9.89. The number of likely N-dealkylation sites (tertiary alicyclic amines) is 1. The molecule has 1 aromatic rings. The molecule has 1 aliphatic heterocycles. The second-order valence-corrected chi connectivity index (χ2v) is 7.15. The minimum Gasteiger partial charge on any atom is -0.493 e. The van der Waals surface area contributed by atoms with Gasteiger partial charge in [-0.15, -0.1) is 0 Å². The Morgan fingerprint density at radius 2 is 2.04 bits per heavy atom. The van der Waals surface area contributed by atoms with Crippen LogP contribution in [0.4, 0.5) is 0 Å². The molecule has 1 amide bonds. The van der Waals surface area contributed by atoms with Crippen LogP contribution in [0.5, 0.6) is 11.5 Å². The van der Waals surface area contributed by atoms with E-state index in [4.69, 9.17) is 25.8 Å². The Morgan fingerprint density at radius 1 is 1.29 bits per heavy atom. The number of ether oxygens (including phenoxy) is 3. The quantitative estimate of drug-likeness (QED) is 0.501. The third kappa shape index (κ3) is 5.41. The van der Waals surface area contributed by atoms with Crippen LogP contribution in [0, 0.1) is 0 Å². The first kappa shape index (κ1) is 22.1. The van der Waals surface area contributed by atoms with E-state index in [1.807, 2.05) is 4.90 Å². The first-order valence-electron chi connectivity index (χ1n) is 9.51. The minimum atomic E-state index is -0.821. The Morgan fingerprint density at radius 3 is 2.68 bits per heavy atom. The van der Waals surface area contributed by atoms with Gasteiger partial charge in [0.1, 0.15) is 0 Å². The SMILES string of the molecule is CCC1CCCCN1C(=O)C(C)OC(=O)/C=C/c1cc(Cl)c(OC)c(OC)c1. The topological polar surface area (TPSA) is 65.1 Å². The maximum atomic E-state index is 12.7. The van der Waals surface area contributed by atoms with Gasteiger partial charge < -0.3 is 19.1 Å². The fourth-order valence-electron chi connectivity index (χ4n) is 3.41. The molecular formula is C21H28ClNO5. The molecule has 2 unspecified atom stereocenters. The highest BCUT2D eigenvalue weighted by Gasteiger charge is 2.30. The van der Waals surface area contributed by atoms with E-state index in [-0.39, 0.29) is 11.9 Å². The normalized spacial score (nSPS) is 18.0. The summed E-state index contributed by atoms with van der Waals surface area (Å²) in [6.45, 7) is 4.41. The molecule has 1 aromatic carbocycles. The number of benzene rings is 1. The summed E-state index contributed by atoms with van der Waals surface area (Å²) in [5, 5.41) is 0.370. The van der Waals surface area contributed by atoms with Gasteiger partial charge in [-0.1, -0.05) is 18.5 Å². The number of hydrogen-bond donors (Lipinski definition) is 0. The predicted molar refractivity (Wildman–Crippen MR) is 109 cm³/mol. The number of carbonyl (C=O) groups is 2. The lowest BCUT2D eigenvalue weighted by Gasteiger charge is -2.36. The number of esters is 1. The third-order valence-corrected chi connectivity index (χ3v) is 5.17. The monoisotopic (exact) mass is 409 g/mol. The lowest BCUT2D eigenvalue weighted by Crippen LogP contribution is -2.48. The molecule has 154 valence electrons. The number of piperidine rings is 1. The number of methoxy groups -OCH3 is 2. The summed E-state index contributed by atoms with van der Waals surface area (Å²) < 4.78 is 15.7. The van der Waals surface area contributed by atoms with E-state index in [0.717, 1.165) is 32.2 Å². The molecule has 1 saturated heterocycles. The van der Waals surface area contributed by atoms with Crippen LogP contribution in [0.2, 0.25) is 5.02 Å². The first-order chi connectivity index (χ1) is 13.4. The van der Waals surface area contributed by atoms with Crippen molar-refractivity contribution >= 4 is 29.6 Å². The van der Waals surface area contributed by atoms with Crippen LogP contribution in [0.1, 0.15) is 45.1 Å². The van der Waals surface area contributed by atoms with Crippen molar-refractivity contribution in [2.24, 2.45) is 0 Å². The Hall–Kier alpha value is -2.21. The molecule has 28 heavy (non-hydrogen) atoms. The summed E-state index contributed by atoms with van der Waals surface area (Å²) in [4.78, 5) is 26.7. The molecule has 0 saturated carbocycles. The number of amides is 1. The van der Waals surface area contributed by atoms with Crippen LogP contribution >= 0.6 is 11.6 Å². The fourth-order valence-corrected chi connectivity index (χ4v) is 3.71. The molecule has 0 aliphatic carbocycles. The molecule has 7 heteroatoms. The number of rotatable bonds is 7. The van der Waals surface area contributed by atoms with Gasteiger partial charge in [-0.3, -0.25) is 4.79 Å². The Labute approximate surface area is 171 Å². The Kier molecular flexibility index (Phi) is 8.18. The van der Waals surface area contributed by atoms with Gasteiger partial charge in [-0.25, -0.2) is 4.79 Å². The number of halogens is 1. The summed E-state index contributed by atoms with van der Waals surface area (Å²) in [6, 6.07) is 3.58. The molecule has 0 bridgehead atoms. The van der Waals surface area contributed by atoms with Gasteiger partial charge in [0.2, 0.25) is 0 Å². The molecule has 0 aromatic heterocycles. The Balaban J connectivity index is 2.01. The third-order valence-electron chi connectivity index (χ3n) is 4.89. The van der Waals surface area contributed by atoms with E-state index >= 15 is 0 Å². The Bertz CT molecular complexity index is 734. The van der Waals surface area contributed by atoms with E-state index in [1.165, 1.54) is 20.3 Å². The summed E-state index contributed by atoms with van der Waals surface area (Å²) in [5.74, 6) is 0.164. The second kappa shape index (κ2) is 10.4. The number of nitrogens with zero attached hydrogens (tertiary/aromatic N) is 1. The van der Waals surface area contributed by atoms with Crippen LogP contribution in [0.25, 0.3) is 6.08 Å². The smallest absolute Gasteiger partial charge is 0.331 e. The van der Waals surface area contributed by atoms with E-state index < -0.39 is 12.1 Å². The van der Waals surface area contributed by atoms with Crippen molar-refractivity contribution < 1.29 is 23.8 Å². The molecule has 1 fully saturated rings. The second-order valence-electron chi connectivity index (χ2n) is 6.74. The number of hydrogen-bond acceptors (Lipinski definition) is 5. The summed E-state index contributed by atoms with van der Waals surface area (Å²) >= 11 is 6.16. The van der Waals surface area contributed by atoms with Crippen LogP contribution in [-0.2, 0) is 14.3 Å². The molecule has 0 spiro atoms. The largest absolute Gasteiger partial charge is 0.493 e. The van der Waals surface area contributed by atoms with Crippen LogP contribution < -0.4 is 9.47 Å². The molecule has 0 radical (unpaired) electrons. The van der Waals surface area contributed by atoms with Gasteiger partial charge >= 0.3 is 5.97 Å². The maximum absolute atomic E-state index is 12.7. The zero-order valence-corrected chi connectivity index (χ0v) is 17.6. The van der Waals surface area contributed by atoms with Crippen LogP contribution in [0.3, 0.4) is 0 Å². The van der Waals surface area contributed by atoms with Crippen molar-refractivity contribution in [1.29, 1.82) is 0 Å². The van der Waals surface area contributed by atoms with Gasteiger partial charge in [-0.05, 0) is 56.4 Å². The molecule has 1 aliphatic rings. The van der Waals surface area contributed by atoms with Gasteiger partial charge in [0.25, 0.3) is 5.91 Å². The minimum absolute atomic E-state index is 0.137. The summed E-state index contributed by atoms with van der Waals surface area (Å²) in [5.41, 5.74) is 0.653. The molecule has 2 rings (SSSR count). The summed E-state index contributed by atoms with van der Waals surface area (Å²) in [6.07, 6.45) is 6.04. The highest BCUT2D eigenvalue weighted by Crippen LogP contribution is 2.36. The molecular weight excluding hydrogens is 382 g/mol. The van der Waals surface area contributed by atoms with Crippen molar-refractivity contribution in [3.63, 3.8) is 0 Å². The van der Waals surface area contributed by atoms with E-state index in [1.54, 1.807) is 25.1 Å². The molecule has 0 N–H and O–H groups in total. The van der Waals surface area contributed by atoms with Crippen molar-refractivity contribution in [2.45, 2.75) is 51.7 Å². The van der Waals surface area contributed by atoms with E-state index in [2.05, 4.69) is 6.92 Å². The average Bonchev–Trinajstić information content (AvgIpc) is 2.70. The highest BCUT2D eigenvalue weighted by atomic mass is 35.5. The number of carbonyl (C=O) groups excluding carboxylic acids is 2. The van der Waals surface area contributed by atoms with Gasteiger partial charge in [0.15, 0.2) is 17.6 Å². The van der Waals surface area contributed by atoms with Crippen molar-refractivity contribution in [3.05, 3.63) is 28.8 Å². The zero-order valence-electron chi connectivity index (χ0n) is 16.9. The lowest BCUT2D eigenvalue weighted by molar-refractivity contribution is -0.157. The zero-order chi connectivity index (χ0) is 20.7. The summed E-state index contributed by atoms with van der Waals surface area (Å²) in [7, 11) is 3.01. The van der Waals surface area contributed by atoms with Gasteiger partial charge in [-0.2, -0.15) is 0 Å². The van der Waals surface area contributed by atoms with Crippen molar-refractivity contribution in [1.82, 2.24) is 4.90 Å². The molecule has 1 heterocycles. The van der Waals surface area contributed by atoms with Crippen LogP contribution in [0.15, 0.2) is 18.2 Å². The predicted octanol–water partition coefficient (Wildman–Crippen LogP) is 4.09. The standard InChI is InChI=1S/C21H28ClNO5/c1-5-16-8-6-7-11-23(16)21(25)14(2)28-19(24)10-9-15-12-17(22)20(27-4)18(13-15)26-3/h9-10,12-14,16H,5-8,11H2,1-4H3/b10-9+. The fraction of sp³-hybridized carbons (Fsp3) is 0.524. The van der Waals surface area contributed by atoms with E-state index in [9.17, 15) is 9.59 Å². The van der Waals surface area contributed by atoms with Crippen molar-refractivity contribution in [3.8, 4) is 11.5 Å². The average molecular weight is 410 g/mol. The lowest BCUT2D eigenvalue weighted by atomic mass is 9.99. The molecule has 6 nitrogen and oxygen atoms in total. The molecule has 2 atom stereocenters. The van der Waals surface area contributed by atoms with Gasteiger partial charge in [0.05, 0.1) is 19.2 Å². The van der Waals surface area contributed by atoms with Gasteiger partial charge in [0, 0.05) is 18.7 Å². The highest BCUT2D eigenvalue weighted by molar-refractivity contribution is 6.32.